The van der Waals surface area contributed by atoms with E-state index in [1.54, 1.807) is 32.1 Å². The zero-order valence-electron chi connectivity index (χ0n) is 24.1. The lowest BCUT2D eigenvalue weighted by Crippen LogP contribution is -2.50. The number of hydrogen-bond acceptors (Lipinski definition) is 5. The first kappa shape index (κ1) is 31.8. The Hall–Kier alpha value is -4.14. The Morgan fingerprint density at radius 3 is 2.42 bits per heavy atom. The zero-order valence-corrected chi connectivity index (χ0v) is 24.1. The number of methoxy groups -OCH3 is 1. The molecule has 0 aromatic heterocycles. The number of hydrogen-bond donors (Lipinski definition) is 1. The van der Waals surface area contributed by atoms with Gasteiger partial charge in [0.2, 0.25) is 5.91 Å². The van der Waals surface area contributed by atoms with Gasteiger partial charge in [-0.2, -0.15) is 17.6 Å². The van der Waals surface area contributed by atoms with Crippen molar-refractivity contribution in [1.82, 2.24) is 4.90 Å². The van der Waals surface area contributed by atoms with Crippen LogP contribution in [0.2, 0.25) is 0 Å². The SMILES string of the molecule is C/C=C1\C(=C/C2=C=C(F)C2(O)C(F)(F)F)CC[C@H](Oc2ccc(CCC(=O)OC)cc2)CN1C(=O)[C@@H](C)c1ccccc1. The number of rotatable bonds is 8. The van der Waals surface area contributed by atoms with Gasteiger partial charge in [-0.25, -0.2) is 0 Å². The van der Waals surface area contributed by atoms with Crippen LogP contribution in [-0.2, 0) is 20.7 Å². The molecular weight excluding hydrogens is 566 g/mol. The summed E-state index contributed by atoms with van der Waals surface area (Å²) in [5.74, 6) is -2.49. The molecule has 1 N–H and O–H groups in total. The van der Waals surface area contributed by atoms with Crippen LogP contribution in [0.3, 0.4) is 0 Å². The highest BCUT2D eigenvalue weighted by Crippen LogP contribution is 2.48. The van der Waals surface area contributed by atoms with Gasteiger partial charge in [0, 0.05) is 17.7 Å². The van der Waals surface area contributed by atoms with Gasteiger partial charge in [-0.05, 0) is 68.0 Å². The molecule has 0 saturated carbocycles. The van der Waals surface area contributed by atoms with E-state index in [4.69, 9.17) is 4.74 Å². The standard InChI is InChI=1S/C33H33F4NO5/c1-4-28-24(18-25-19-29(34)32(25,41)33(35,36)37)13-16-27(20-38(28)31(40)21(2)23-8-6-5-7-9-23)43-26-14-10-22(11-15-26)12-17-30(39)42-3/h4-11,14-15,18,21,27,41H,12-13,16-17,20H2,1-3H3/b24-18-,28-4+/t21-,27-,32?/m0/s1. The summed E-state index contributed by atoms with van der Waals surface area (Å²) in [6, 6.07) is 16.2. The molecule has 43 heavy (non-hydrogen) atoms. The summed E-state index contributed by atoms with van der Waals surface area (Å²) in [4.78, 5) is 26.9. The van der Waals surface area contributed by atoms with Crippen molar-refractivity contribution in [3.05, 3.63) is 106 Å². The van der Waals surface area contributed by atoms with Crippen LogP contribution in [0.25, 0.3) is 0 Å². The quantitative estimate of drug-likeness (QED) is 0.214. The predicted molar refractivity (Wildman–Crippen MR) is 151 cm³/mol. The van der Waals surface area contributed by atoms with Gasteiger partial charge in [0.1, 0.15) is 11.9 Å². The summed E-state index contributed by atoms with van der Waals surface area (Å²) in [6.07, 6.45) is -1.91. The highest BCUT2D eigenvalue weighted by Gasteiger charge is 2.63. The number of aryl methyl sites for hydroxylation is 1. The van der Waals surface area contributed by atoms with Crippen LogP contribution < -0.4 is 4.74 Å². The van der Waals surface area contributed by atoms with Crippen molar-refractivity contribution in [2.75, 3.05) is 13.7 Å². The molecule has 3 atom stereocenters. The van der Waals surface area contributed by atoms with Crippen LogP contribution in [0.4, 0.5) is 17.6 Å². The molecule has 6 nitrogen and oxygen atoms in total. The van der Waals surface area contributed by atoms with E-state index in [9.17, 15) is 32.3 Å². The maximum Gasteiger partial charge on any atom is 0.429 e. The second kappa shape index (κ2) is 13.0. The molecule has 228 valence electrons. The number of nitrogens with zero attached hydrogens (tertiary/aromatic N) is 1. The van der Waals surface area contributed by atoms with E-state index < -0.39 is 35.2 Å². The molecule has 1 unspecified atom stereocenters. The minimum Gasteiger partial charge on any atom is -0.489 e. The van der Waals surface area contributed by atoms with Crippen molar-refractivity contribution in [3.63, 3.8) is 0 Å². The molecule has 1 aliphatic carbocycles. The van der Waals surface area contributed by atoms with E-state index in [-0.39, 0.29) is 31.3 Å². The molecule has 1 heterocycles. The summed E-state index contributed by atoms with van der Waals surface area (Å²) >= 11 is 0. The molecule has 1 fully saturated rings. The van der Waals surface area contributed by atoms with E-state index >= 15 is 0 Å². The van der Waals surface area contributed by atoms with Crippen molar-refractivity contribution in [3.8, 4) is 5.75 Å². The highest BCUT2D eigenvalue weighted by molar-refractivity contribution is 5.85. The van der Waals surface area contributed by atoms with Crippen molar-refractivity contribution >= 4 is 11.9 Å². The van der Waals surface area contributed by atoms with Crippen LogP contribution in [-0.4, -0.2) is 53.4 Å². The van der Waals surface area contributed by atoms with Gasteiger partial charge in [-0.1, -0.05) is 54.3 Å². The largest absolute Gasteiger partial charge is 0.489 e. The molecule has 4 rings (SSSR count). The minimum absolute atomic E-state index is 0.101. The topological polar surface area (TPSA) is 76.1 Å². The normalized spacial score (nSPS) is 23.2. The number of amides is 1. The molecule has 10 heteroatoms. The average molecular weight is 600 g/mol. The monoisotopic (exact) mass is 599 g/mol. The predicted octanol–water partition coefficient (Wildman–Crippen LogP) is 6.48. The van der Waals surface area contributed by atoms with Gasteiger partial charge in [0.15, 0.2) is 5.83 Å². The number of benzene rings is 2. The summed E-state index contributed by atoms with van der Waals surface area (Å²) in [5, 5.41) is 10.2. The summed E-state index contributed by atoms with van der Waals surface area (Å²) < 4.78 is 65.7. The lowest BCUT2D eigenvalue weighted by molar-refractivity contribution is -0.237. The number of carbonyl (C=O) groups excluding carboxylic acids is 2. The molecule has 0 spiro atoms. The van der Waals surface area contributed by atoms with E-state index in [2.05, 4.69) is 4.74 Å². The number of likely N-dealkylation sites (tertiary alicyclic amines) is 1. The zero-order chi connectivity index (χ0) is 31.4. The number of esters is 1. The molecule has 1 aliphatic heterocycles. The number of carbonyl (C=O) groups is 2. The van der Waals surface area contributed by atoms with Crippen LogP contribution in [0.5, 0.6) is 5.75 Å². The number of alkyl halides is 3. The Labute approximate surface area is 247 Å². The van der Waals surface area contributed by atoms with Gasteiger partial charge < -0.3 is 19.5 Å². The van der Waals surface area contributed by atoms with E-state index in [0.29, 0.717) is 29.9 Å². The summed E-state index contributed by atoms with van der Waals surface area (Å²) in [7, 11) is 1.33. The second-order valence-corrected chi connectivity index (χ2v) is 10.5. The number of ether oxygens (including phenoxy) is 2. The van der Waals surface area contributed by atoms with Gasteiger partial charge in [0.25, 0.3) is 5.60 Å². The Morgan fingerprint density at radius 2 is 1.84 bits per heavy atom. The van der Waals surface area contributed by atoms with Crippen molar-refractivity contribution in [2.24, 2.45) is 0 Å². The van der Waals surface area contributed by atoms with E-state index in [0.717, 1.165) is 17.2 Å². The van der Waals surface area contributed by atoms with Crippen LogP contribution >= 0.6 is 0 Å². The third-order valence-corrected chi connectivity index (χ3v) is 7.70. The summed E-state index contributed by atoms with van der Waals surface area (Å²) in [6.45, 7) is 3.51. The fourth-order valence-electron chi connectivity index (χ4n) is 5.14. The van der Waals surface area contributed by atoms with Crippen molar-refractivity contribution in [1.29, 1.82) is 0 Å². The second-order valence-electron chi connectivity index (χ2n) is 10.5. The fraction of sp³-hybridized carbons (Fsp3) is 0.364. The third kappa shape index (κ3) is 6.76. The third-order valence-electron chi connectivity index (χ3n) is 7.70. The van der Waals surface area contributed by atoms with Gasteiger partial charge in [-0.15, -0.1) is 0 Å². The first-order chi connectivity index (χ1) is 20.4. The van der Waals surface area contributed by atoms with Crippen molar-refractivity contribution < 1.29 is 41.7 Å². The Kier molecular flexibility index (Phi) is 9.62. The lowest BCUT2D eigenvalue weighted by Gasteiger charge is -2.34. The number of allylic oxidation sites excluding steroid dienone is 2. The smallest absolute Gasteiger partial charge is 0.429 e. The van der Waals surface area contributed by atoms with Crippen LogP contribution in [0, 0.1) is 0 Å². The molecule has 2 aliphatic rings. The van der Waals surface area contributed by atoms with Gasteiger partial charge in [-0.3, -0.25) is 9.59 Å². The molecular formula is C33H33F4NO5. The molecule has 2 aromatic carbocycles. The Bertz CT molecular complexity index is 1470. The molecule has 0 radical (unpaired) electrons. The Balaban J connectivity index is 1.64. The summed E-state index contributed by atoms with van der Waals surface area (Å²) in [5.41, 5.74) is -0.218. The first-order valence-electron chi connectivity index (χ1n) is 13.9. The maximum atomic E-state index is 13.9. The molecule has 1 amide bonds. The maximum absolute atomic E-state index is 13.9. The van der Waals surface area contributed by atoms with Gasteiger partial charge in [0.05, 0.1) is 19.6 Å². The highest BCUT2D eigenvalue weighted by atomic mass is 19.4. The first-order valence-corrected chi connectivity index (χ1v) is 13.9. The molecule has 1 saturated heterocycles. The number of aliphatic hydroxyl groups is 1. The molecule has 0 bridgehead atoms. The van der Waals surface area contributed by atoms with E-state index in [1.807, 2.05) is 48.2 Å². The van der Waals surface area contributed by atoms with Crippen LogP contribution in [0.15, 0.2) is 95.2 Å². The minimum atomic E-state index is -5.28. The van der Waals surface area contributed by atoms with Crippen molar-refractivity contribution in [2.45, 2.75) is 63.3 Å². The Morgan fingerprint density at radius 1 is 1.16 bits per heavy atom. The fourth-order valence-corrected chi connectivity index (χ4v) is 5.14. The van der Waals surface area contributed by atoms with Gasteiger partial charge >= 0.3 is 12.1 Å². The van der Waals surface area contributed by atoms with Crippen LogP contribution in [0.1, 0.15) is 50.2 Å². The lowest BCUT2D eigenvalue weighted by atomic mass is 9.82. The van der Waals surface area contributed by atoms with E-state index in [1.165, 1.54) is 12.0 Å². The molecule has 2 aromatic rings. The number of halogens is 4. The average Bonchev–Trinajstić information content (AvgIpc) is 3.17.